The summed E-state index contributed by atoms with van der Waals surface area (Å²) in [6.45, 7) is 1.56. The van der Waals surface area contributed by atoms with E-state index >= 15 is 0 Å². The van der Waals surface area contributed by atoms with Gasteiger partial charge in [-0.05, 0) is 42.1 Å². The topological polar surface area (TPSA) is 135 Å². The summed E-state index contributed by atoms with van der Waals surface area (Å²) in [7, 11) is 0. The average Bonchev–Trinajstić information content (AvgIpc) is 3.23. The number of halogens is 1. The summed E-state index contributed by atoms with van der Waals surface area (Å²) < 4.78 is 24.0. The van der Waals surface area contributed by atoms with E-state index in [9.17, 15) is 24.4 Å². The molecule has 27 heavy (non-hydrogen) atoms. The Morgan fingerprint density at radius 3 is 2.67 bits per heavy atom. The van der Waals surface area contributed by atoms with Gasteiger partial charge < -0.3 is 18.7 Å². The first-order chi connectivity index (χ1) is 12.8. The van der Waals surface area contributed by atoms with Gasteiger partial charge in [0.2, 0.25) is 11.7 Å². The lowest BCUT2D eigenvalue weighted by molar-refractivity contribution is -0.387. The van der Waals surface area contributed by atoms with Gasteiger partial charge in [0.1, 0.15) is 11.5 Å². The van der Waals surface area contributed by atoms with Crippen molar-refractivity contribution in [3.8, 4) is 11.3 Å². The first kappa shape index (κ1) is 18.3. The molecule has 0 N–H and O–H groups in total. The van der Waals surface area contributed by atoms with Crippen LogP contribution in [0.3, 0.4) is 0 Å². The van der Waals surface area contributed by atoms with Crippen molar-refractivity contribution in [2.45, 2.75) is 12.1 Å². The van der Waals surface area contributed by atoms with Crippen molar-refractivity contribution in [1.29, 1.82) is 0 Å². The SMILES string of the molecule is Cc1nnc(S/C(=C\c2ccc(-c3ccc(F)c([N+](=O)[O-])c3)o2)C(=O)[O-])o1. The maximum Gasteiger partial charge on any atom is 0.305 e. The van der Waals surface area contributed by atoms with Crippen molar-refractivity contribution in [3.63, 3.8) is 0 Å². The highest BCUT2D eigenvalue weighted by Gasteiger charge is 2.17. The zero-order valence-corrected chi connectivity index (χ0v) is 14.4. The maximum absolute atomic E-state index is 13.4. The predicted octanol–water partition coefficient (Wildman–Crippen LogP) is 2.57. The van der Waals surface area contributed by atoms with Crippen molar-refractivity contribution >= 4 is 29.5 Å². The number of aliphatic carboxylic acids is 1. The van der Waals surface area contributed by atoms with Crippen LogP contribution in [0.1, 0.15) is 11.7 Å². The molecule has 0 bridgehead atoms. The minimum Gasteiger partial charge on any atom is -0.544 e. The number of aryl methyl sites for hydroxylation is 1. The molecule has 0 spiro atoms. The van der Waals surface area contributed by atoms with Crippen LogP contribution in [0.2, 0.25) is 0 Å². The van der Waals surface area contributed by atoms with Crippen molar-refractivity contribution in [1.82, 2.24) is 10.2 Å². The molecule has 0 fully saturated rings. The molecule has 0 aliphatic rings. The summed E-state index contributed by atoms with van der Waals surface area (Å²) in [6.07, 6.45) is 1.18. The van der Waals surface area contributed by atoms with E-state index in [4.69, 9.17) is 8.83 Å². The zero-order chi connectivity index (χ0) is 19.6. The molecule has 0 unspecified atom stereocenters. The standard InChI is InChI=1S/C16H10FN3O6S/c1-8-18-19-16(25-8)27-14(15(21)22)7-10-3-5-13(26-10)9-2-4-11(17)12(6-9)20(23)24/h2-7H,1H3,(H,21,22)/p-1/b14-7-. The molecular formula is C16H9FN3O6S-. The minimum absolute atomic E-state index is 0.0175. The second-order valence-corrected chi connectivity index (χ2v) is 6.10. The third kappa shape index (κ3) is 4.20. The van der Waals surface area contributed by atoms with Crippen molar-refractivity contribution in [2.75, 3.05) is 0 Å². The van der Waals surface area contributed by atoms with Crippen LogP contribution in [0.15, 0.2) is 49.3 Å². The fraction of sp³-hybridized carbons (Fsp3) is 0.0625. The van der Waals surface area contributed by atoms with Crippen molar-refractivity contribution < 1.29 is 28.0 Å². The van der Waals surface area contributed by atoms with Crippen LogP contribution >= 0.6 is 11.8 Å². The number of carbonyl (C=O) groups excluding carboxylic acids is 1. The Labute approximate surface area is 154 Å². The fourth-order valence-corrected chi connectivity index (χ4v) is 2.75. The number of rotatable bonds is 6. The van der Waals surface area contributed by atoms with Crippen LogP contribution in [-0.4, -0.2) is 21.1 Å². The van der Waals surface area contributed by atoms with Gasteiger partial charge in [0.15, 0.2) is 0 Å². The third-order valence-electron chi connectivity index (χ3n) is 3.23. The Bertz CT molecular complexity index is 1060. The molecule has 138 valence electrons. The number of hydrogen-bond donors (Lipinski definition) is 0. The van der Waals surface area contributed by atoms with Gasteiger partial charge in [-0.15, -0.1) is 10.2 Å². The molecular weight excluding hydrogens is 381 g/mol. The number of carboxylic acids is 1. The predicted molar refractivity (Wildman–Crippen MR) is 88.6 cm³/mol. The van der Waals surface area contributed by atoms with Gasteiger partial charge in [-0.1, -0.05) is 0 Å². The van der Waals surface area contributed by atoms with E-state index in [1.54, 1.807) is 6.92 Å². The van der Waals surface area contributed by atoms with E-state index in [2.05, 4.69) is 10.2 Å². The van der Waals surface area contributed by atoms with E-state index in [-0.39, 0.29) is 33.1 Å². The Hall–Kier alpha value is -3.47. The lowest BCUT2D eigenvalue weighted by atomic mass is 10.1. The molecule has 0 saturated heterocycles. The van der Waals surface area contributed by atoms with E-state index in [1.165, 1.54) is 24.3 Å². The number of aromatic nitrogens is 2. The molecule has 2 heterocycles. The van der Waals surface area contributed by atoms with Crippen LogP contribution < -0.4 is 5.11 Å². The summed E-state index contributed by atoms with van der Waals surface area (Å²) in [5.41, 5.74) is -0.434. The van der Waals surface area contributed by atoms with Crippen molar-refractivity contribution in [3.05, 3.63) is 62.8 Å². The van der Waals surface area contributed by atoms with Crippen LogP contribution in [0, 0.1) is 22.9 Å². The summed E-state index contributed by atoms with van der Waals surface area (Å²) in [6, 6.07) is 6.21. The molecule has 0 amide bonds. The molecule has 0 aliphatic heterocycles. The monoisotopic (exact) mass is 390 g/mol. The Kier molecular flexibility index (Phi) is 5.03. The summed E-state index contributed by atoms with van der Waals surface area (Å²) in [4.78, 5) is 21.0. The lowest BCUT2D eigenvalue weighted by Crippen LogP contribution is -2.22. The highest BCUT2D eigenvalue weighted by molar-refractivity contribution is 8.03. The number of carboxylic acid groups (broad SMARTS) is 1. The van der Waals surface area contributed by atoms with Crippen LogP contribution in [-0.2, 0) is 4.79 Å². The van der Waals surface area contributed by atoms with E-state index < -0.39 is 22.4 Å². The first-order valence-electron chi connectivity index (χ1n) is 7.28. The Morgan fingerprint density at radius 1 is 1.26 bits per heavy atom. The molecule has 11 heteroatoms. The molecule has 2 aromatic heterocycles. The van der Waals surface area contributed by atoms with E-state index in [0.717, 1.165) is 12.1 Å². The minimum atomic E-state index is -1.48. The molecule has 1 aromatic carbocycles. The molecule has 0 aliphatic carbocycles. The molecule has 3 aromatic rings. The van der Waals surface area contributed by atoms with Crippen LogP contribution in [0.4, 0.5) is 10.1 Å². The molecule has 3 rings (SSSR count). The third-order valence-corrected chi connectivity index (χ3v) is 4.08. The van der Waals surface area contributed by atoms with Crippen LogP contribution in [0.25, 0.3) is 17.4 Å². The van der Waals surface area contributed by atoms with Gasteiger partial charge in [-0.2, -0.15) is 4.39 Å². The maximum atomic E-state index is 13.4. The van der Waals surface area contributed by atoms with Crippen molar-refractivity contribution in [2.24, 2.45) is 0 Å². The number of nitro benzene ring substituents is 1. The normalized spacial score (nSPS) is 11.6. The molecule has 9 nitrogen and oxygen atoms in total. The highest BCUT2D eigenvalue weighted by Crippen LogP contribution is 2.31. The fourth-order valence-electron chi connectivity index (χ4n) is 2.06. The largest absolute Gasteiger partial charge is 0.544 e. The Morgan fingerprint density at radius 2 is 2.04 bits per heavy atom. The van der Waals surface area contributed by atoms with Gasteiger partial charge in [0.25, 0.3) is 5.22 Å². The number of benzene rings is 1. The van der Waals surface area contributed by atoms with E-state index in [1.807, 2.05) is 0 Å². The van der Waals surface area contributed by atoms with Gasteiger partial charge >= 0.3 is 5.69 Å². The summed E-state index contributed by atoms with van der Waals surface area (Å²) in [5.74, 6) is -1.85. The summed E-state index contributed by atoms with van der Waals surface area (Å²) in [5, 5.41) is 29.4. The molecule has 0 radical (unpaired) electrons. The number of nitro groups is 1. The second-order valence-electron chi connectivity index (χ2n) is 5.11. The molecule has 0 atom stereocenters. The number of nitrogens with zero attached hydrogens (tertiary/aromatic N) is 3. The van der Waals surface area contributed by atoms with Gasteiger partial charge in [-0.3, -0.25) is 10.1 Å². The first-order valence-corrected chi connectivity index (χ1v) is 8.10. The summed E-state index contributed by atoms with van der Waals surface area (Å²) >= 11 is 0.686. The zero-order valence-electron chi connectivity index (χ0n) is 13.5. The Balaban J connectivity index is 1.89. The average molecular weight is 390 g/mol. The van der Waals surface area contributed by atoms with Gasteiger partial charge in [0.05, 0.1) is 10.9 Å². The second kappa shape index (κ2) is 7.41. The van der Waals surface area contributed by atoms with Gasteiger partial charge in [0, 0.05) is 23.5 Å². The van der Waals surface area contributed by atoms with E-state index in [0.29, 0.717) is 11.8 Å². The lowest BCUT2D eigenvalue weighted by Gasteiger charge is -2.04. The smallest absolute Gasteiger partial charge is 0.305 e. The highest BCUT2D eigenvalue weighted by atomic mass is 32.2. The number of thioether (sulfide) groups is 1. The van der Waals surface area contributed by atoms with Crippen LogP contribution in [0.5, 0.6) is 0 Å². The quantitative estimate of drug-likeness (QED) is 0.269. The van der Waals surface area contributed by atoms with Gasteiger partial charge in [-0.25, -0.2) is 0 Å². The molecule has 0 saturated carbocycles. The number of hydrogen-bond acceptors (Lipinski definition) is 9. The number of furan rings is 1. The number of carbonyl (C=O) groups is 1.